The number of halogens is 2. The summed E-state index contributed by atoms with van der Waals surface area (Å²) in [5.41, 5.74) is 0. The minimum absolute atomic E-state index is 0.777. The first-order valence-electron chi connectivity index (χ1n) is 6.43. The lowest BCUT2D eigenvalue weighted by atomic mass is 9.94. The second kappa shape index (κ2) is 4.47. The Hall–Kier alpha value is -1.57. The molecule has 0 bridgehead atoms. The molecule has 20 heavy (non-hydrogen) atoms. The van der Waals surface area contributed by atoms with Crippen molar-refractivity contribution in [2.45, 2.75) is 0 Å². The van der Waals surface area contributed by atoms with Crippen molar-refractivity contribution in [2.24, 2.45) is 0 Å². The zero-order valence-electron chi connectivity index (χ0n) is 10.5. The molecule has 0 aliphatic carbocycles. The summed E-state index contributed by atoms with van der Waals surface area (Å²) in [5.74, 6) is 0. The van der Waals surface area contributed by atoms with Gasteiger partial charge in [-0.1, -0.05) is 63.9 Å². The lowest BCUT2D eigenvalue weighted by Gasteiger charge is -2.10. The van der Waals surface area contributed by atoms with Crippen LogP contribution in [0.25, 0.3) is 32.3 Å². The first-order chi connectivity index (χ1) is 9.74. The van der Waals surface area contributed by atoms with Gasteiger partial charge >= 0.3 is 0 Å². The van der Waals surface area contributed by atoms with Crippen molar-refractivity contribution >= 4 is 59.8 Å². The Morgan fingerprint density at radius 2 is 1.15 bits per heavy atom. The lowest BCUT2D eigenvalue weighted by molar-refractivity contribution is 1.73. The second-order valence-corrected chi connectivity index (χ2v) is 6.28. The molecule has 0 spiro atoms. The summed E-state index contributed by atoms with van der Waals surface area (Å²) in [5, 5.41) is 8.27. The fourth-order valence-electron chi connectivity index (χ4n) is 2.90. The quantitative estimate of drug-likeness (QED) is 0.318. The van der Waals surface area contributed by atoms with Crippen molar-refractivity contribution in [3.05, 3.63) is 70.2 Å². The zero-order valence-corrected chi connectivity index (χ0v) is 12.9. The minimum Gasteiger partial charge on any atom is -0.0843 e. The first-order valence-corrected chi connectivity index (χ1v) is 7.60. The molecule has 0 heterocycles. The SMILES string of the molecule is Clc1ccc2c3ccc(Br)cc3c3ccccc3c2c1. The van der Waals surface area contributed by atoms with Crippen LogP contribution in [0.5, 0.6) is 0 Å². The Morgan fingerprint density at radius 3 is 1.85 bits per heavy atom. The fourth-order valence-corrected chi connectivity index (χ4v) is 3.43. The molecule has 4 aromatic rings. The number of benzene rings is 4. The molecule has 96 valence electrons. The van der Waals surface area contributed by atoms with Gasteiger partial charge in [0, 0.05) is 9.50 Å². The highest BCUT2D eigenvalue weighted by molar-refractivity contribution is 9.10. The van der Waals surface area contributed by atoms with Gasteiger partial charge in [-0.3, -0.25) is 0 Å². The molecule has 0 N–H and O–H groups in total. The Labute approximate surface area is 130 Å². The van der Waals surface area contributed by atoms with E-state index in [1.54, 1.807) is 0 Å². The van der Waals surface area contributed by atoms with Crippen LogP contribution in [-0.2, 0) is 0 Å². The Balaban J connectivity index is 2.40. The number of hydrogen-bond donors (Lipinski definition) is 0. The molecule has 2 heteroatoms. The molecular weight excluding hydrogens is 332 g/mol. The molecule has 0 saturated heterocycles. The topological polar surface area (TPSA) is 0 Å². The molecule has 0 nitrogen and oxygen atoms in total. The summed E-state index contributed by atoms with van der Waals surface area (Å²) in [4.78, 5) is 0. The molecular formula is C18H10BrCl. The lowest BCUT2D eigenvalue weighted by Crippen LogP contribution is -1.83. The molecule has 0 aromatic heterocycles. The summed E-state index contributed by atoms with van der Waals surface area (Å²) in [6.45, 7) is 0. The molecule has 0 saturated carbocycles. The van der Waals surface area contributed by atoms with E-state index in [1.807, 2.05) is 6.07 Å². The van der Waals surface area contributed by atoms with Crippen LogP contribution in [0.2, 0.25) is 5.02 Å². The average Bonchev–Trinajstić information content (AvgIpc) is 2.47. The van der Waals surface area contributed by atoms with Gasteiger partial charge in [-0.25, -0.2) is 0 Å². The zero-order chi connectivity index (χ0) is 13.7. The van der Waals surface area contributed by atoms with Gasteiger partial charge in [0.05, 0.1) is 0 Å². The van der Waals surface area contributed by atoms with Crippen molar-refractivity contribution in [3.63, 3.8) is 0 Å². The van der Waals surface area contributed by atoms with Crippen molar-refractivity contribution in [1.29, 1.82) is 0 Å². The van der Waals surface area contributed by atoms with Crippen molar-refractivity contribution < 1.29 is 0 Å². The van der Waals surface area contributed by atoms with Gasteiger partial charge in [-0.05, 0) is 56.6 Å². The average molecular weight is 342 g/mol. The highest BCUT2D eigenvalue weighted by Gasteiger charge is 2.08. The van der Waals surface area contributed by atoms with E-state index in [-0.39, 0.29) is 0 Å². The summed E-state index contributed by atoms with van der Waals surface area (Å²) in [6.07, 6.45) is 0. The van der Waals surface area contributed by atoms with Gasteiger partial charge in [0.2, 0.25) is 0 Å². The molecule has 0 atom stereocenters. The predicted octanol–water partition coefficient (Wildman–Crippen LogP) is 6.56. The van der Waals surface area contributed by atoms with Crippen LogP contribution in [0.4, 0.5) is 0 Å². The van der Waals surface area contributed by atoms with Gasteiger partial charge in [-0.2, -0.15) is 0 Å². The molecule has 0 aliphatic rings. The molecule has 0 amide bonds. The molecule has 0 aliphatic heterocycles. The Morgan fingerprint density at radius 1 is 0.600 bits per heavy atom. The van der Waals surface area contributed by atoms with E-state index < -0.39 is 0 Å². The third-order valence-corrected chi connectivity index (χ3v) is 4.49. The van der Waals surface area contributed by atoms with Gasteiger partial charge in [0.15, 0.2) is 0 Å². The molecule has 4 aromatic carbocycles. The van der Waals surface area contributed by atoms with Crippen molar-refractivity contribution in [2.75, 3.05) is 0 Å². The normalized spacial score (nSPS) is 11.5. The molecule has 0 fully saturated rings. The molecule has 0 unspecified atom stereocenters. The molecule has 4 rings (SSSR count). The summed E-state index contributed by atoms with van der Waals surface area (Å²) in [7, 11) is 0. The second-order valence-electron chi connectivity index (χ2n) is 4.93. The van der Waals surface area contributed by atoms with E-state index in [0.29, 0.717) is 0 Å². The van der Waals surface area contributed by atoms with Gasteiger partial charge < -0.3 is 0 Å². The monoisotopic (exact) mass is 340 g/mol. The van der Waals surface area contributed by atoms with E-state index in [0.717, 1.165) is 9.50 Å². The van der Waals surface area contributed by atoms with Crippen LogP contribution in [0, 0.1) is 0 Å². The van der Waals surface area contributed by atoms with Gasteiger partial charge in [-0.15, -0.1) is 0 Å². The predicted molar refractivity (Wildman–Crippen MR) is 91.7 cm³/mol. The van der Waals surface area contributed by atoms with E-state index in [2.05, 4.69) is 70.5 Å². The highest BCUT2D eigenvalue weighted by atomic mass is 79.9. The van der Waals surface area contributed by atoms with E-state index in [9.17, 15) is 0 Å². The van der Waals surface area contributed by atoms with Gasteiger partial charge in [0.1, 0.15) is 0 Å². The van der Waals surface area contributed by atoms with E-state index in [4.69, 9.17) is 11.6 Å². The number of rotatable bonds is 0. The Kier molecular flexibility index (Phi) is 2.73. The minimum atomic E-state index is 0.777. The fraction of sp³-hybridized carbons (Fsp3) is 0. The third-order valence-electron chi connectivity index (χ3n) is 3.76. The third kappa shape index (κ3) is 1.74. The maximum atomic E-state index is 6.19. The van der Waals surface area contributed by atoms with Crippen LogP contribution >= 0.6 is 27.5 Å². The first kappa shape index (κ1) is 12.2. The van der Waals surface area contributed by atoms with Crippen LogP contribution in [0.3, 0.4) is 0 Å². The smallest absolute Gasteiger partial charge is 0.0412 e. The largest absolute Gasteiger partial charge is 0.0843 e. The van der Waals surface area contributed by atoms with Crippen LogP contribution < -0.4 is 0 Å². The number of fused-ring (bicyclic) bond motifs is 6. The summed E-state index contributed by atoms with van der Waals surface area (Å²) in [6, 6.07) is 21.1. The Bertz CT molecular complexity index is 872. The maximum Gasteiger partial charge on any atom is 0.0412 e. The molecule has 0 radical (unpaired) electrons. The number of hydrogen-bond acceptors (Lipinski definition) is 0. The standard InChI is InChI=1S/C18H10BrCl/c19-11-5-7-15-16-8-6-12(20)10-18(16)14-4-2-1-3-13(14)17(15)9-11/h1-10H. The van der Waals surface area contributed by atoms with Crippen LogP contribution in [0.1, 0.15) is 0 Å². The summed E-state index contributed by atoms with van der Waals surface area (Å²) >= 11 is 9.76. The maximum absolute atomic E-state index is 6.19. The van der Waals surface area contributed by atoms with E-state index >= 15 is 0 Å². The van der Waals surface area contributed by atoms with Crippen molar-refractivity contribution in [3.8, 4) is 0 Å². The van der Waals surface area contributed by atoms with Crippen LogP contribution in [0.15, 0.2) is 65.1 Å². The highest BCUT2D eigenvalue weighted by Crippen LogP contribution is 2.37. The van der Waals surface area contributed by atoms with Crippen molar-refractivity contribution in [1.82, 2.24) is 0 Å². The summed E-state index contributed by atoms with van der Waals surface area (Å²) < 4.78 is 1.10. The van der Waals surface area contributed by atoms with E-state index in [1.165, 1.54) is 32.3 Å². The van der Waals surface area contributed by atoms with Crippen LogP contribution in [-0.4, -0.2) is 0 Å². The van der Waals surface area contributed by atoms with Gasteiger partial charge in [0.25, 0.3) is 0 Å².